The van der Waals surface area contributed by atoms with Gasteiger partial charge in [0.05, 0.1) is 0 Å². The van der Waals surface area contributed by atoms with E-state index in [1.807, 2.05) is 13.8 Å². The minimum atomic E-state index is -0.780. The van der Waals surface area contributed by atoms with Gasteiger partial charge in [-0.25, -0.2) is 0 Å². The zero-order valence-corrected chi connectivity index (χ0v) is 12.3. The van der Waals surface area contributed by atoms with Gasteiger partial charge in [-0.1, -0.05) is 19.9 Å². The first-order chi connectivity index (χ1) is 8.78. The highest BCUT2D eigenvalue weighted by Crippen LogP contribution is 2.31. The molecule has 19 heavy (non-hydrogen) atoms. The van der Waals surface area contributed by atoms with Gasteiger partial charge in [0.1, 0.15) is 6.10 Å². The summed E-state index contributed by atoms with van der Waals surface area (Å²) in [4.78, 5) is 12.1. The molecule has 0 radical (unpaired) electrons. The summed E-state index contributed by atoms with van der Waals surface area (Å²) in [6, 6.07) is -0.239. The molecular formula is C14H26N2O3. The number of carbonyl (C=O) groups is 1. The topological polar surface area (TPSA) is 73.6 Å². The maximum atomic E-state index is 12.1. The molecule has 0 spiro atoms. The Morgan fingerprint density at radius 2 is 2.11 bits per heavy atom. The molecule has 1 aliphatic heterocycles. The summed E-state index contributed by atoms with van der Waals surface area (Å²) >= 11 is 0. The van der Waals surface area contributed by atoms with Crippen LogP contribution in [-0.2, 0) is 14.3 Å². The lowest BCUT2D eigenvalue weighted by Gasteiger charge is -2.25. The lowest BCUT2D eigenvalue weighted by Crippen LogP contribution is -2.50. The average Bonchev–Trinajstić information content (AvgIpc) is 2.64. The standard InChI is InChI=1S/C14H26N2O3/c1-6-7-8-16-13(17)12-11(10(15)9(2)3)18-14(4,5)19-12/h6,9-12H,1,7-8,15H2,2-5H3,(H,16,17). The first kappa shape index (κ1) is 16.1. The maximum absolute atomic E-state index is 12.1. The number of hydrogen-bond acceptors (Lipinski definition) is 4. The minimum Gasteiger partial charge on any atom is -0.353 e. The van der Waals surface area contributed by atoms with E-state index in [2.05, 4.69) is 11.9 Å². The van der Waals surface area contributed by atoms with E-state index >= 15 is 0 Å². The summed E-state index contributed by atoms with van der Waals surface area (Å²) in [5.41, 5.74) is 6.12. The Labute approximate surface area is 115 Å². The molecule has 0 aliphatic carbocycles. The van der Waals surface area contributed by atoms with E-state index in [0.29, 0.717) is 6.54 Å². The Bertz CT molecular complexity index is 329. The number of nitrogens with two attached hydrogens (primary N) is 1. The van der Waals surface area contributed by atoms with Gasteiger partial charge in [-0.3, -0.25) is 4.79 Å². The zero-order valence-electron chi connectivity index (χ0n) is 12.3. The van der Waals surface area contributed by atoms with Crippen LogP contribution in [0.25, 0.3) is 0 Å². The Hall–Kier alpha value is -0.910. The Morgan fingerprint density at radius 1 is 1.47 bits per heavy atom. The van der Waals surface area contributed by atoms with Gasteiger partial charge >= 0.3 is 0 Å². The number of amides is 1. The highest BCUT2D eigenvalue weighted by molar-refractivity contribution is 5.81. The number of rotatable bonds is 6. The van der Waals surface area contributed by atoms with Crippen molar-refractivity contribution in [2.45, 2.75) is 58.2 Å². The quantitative estimate of drug-likeness (QED) is 0.561. The summed E-state index contributed by atoms with van der Waals surface area (Å²) < 4.78 is 11.5. The van der Waals surface area contributed by atoms with E-state index in [0.717, 1.165) is 6.42 Å². The first-order valence-electron chi connectivity index (χ1n) is 6.78. The fraction of sp³-hybridized carbons (Fsp3) is 0.786. The van der Waals surface area contributed by atoms with Crippen molar-refractivity contribution in [3.8, 4) is 0 Å². The number of ether oxygens (including phenoxy) is 2. The van der Waals surface area contributed by atoms with Crippen LogP contribution in [0.1, 0.15) is 34.1 Å². The summed E-state index contributed by atoms with van der Waals surface area (Å²) in [6.45, 7) is 11.8. The van der Waals surface area contributed by atoms with Crippen molar-refractivity contribution in [3.05, 3.63) is 12.7 Å². The van der Waals surface area contributed by atoms with Crippen LogP contribution in [-0.4, -0.2) is 36.5 Å². The highest BCUT2D eigenvalue weighted by Gasteiger charge is 2.48. The molecule has 0 bridgehead atoms. The van der Waals surface area contributed by atoms with Gasteiger partial charge in [-0.15, -0.1) is 6.58 Å². The molecule has 1 amide bonds. The van der Waals surface area contributed by atoms with Crippen LogP contribution in [0.15, 0.2) is 12.7 Å². The summed E-state index contributed by atoms with van der Waals surface area (Å²) in [5.74, 6) is -0.739. The van der Waals surface area contributed by atoms with Crippen LogP contribution in [0.5, 0.6) is 0 Å². The van der Waals surface area contributed by atoms with Gasteiger partial charge < -0.3 is 20.5 Å². The molecule has 0 saturated carbocycles. The molecule has 3 atom stereocenters. The fourth-order valence-electron chi connectivity index (χ4n) is 2.05. The summed E-state index contributed by atoms with van der Waals surface area (Å²) in [7, 11) is 0. The molecule has 0 aromatic rings. The van der Waals surface area contributed by atoms with Gasteiger partial charge in [0.2, 0.25) is 0 Å². The highest BCUT2D eigenvalue weighted by atomic mass is 16.8. The maximum Gasteiger partial charge on any atom is 0.252 e. The second-order valence-electron chi connectivity index (χ2n) is 5.71. The SMILES string of the molecule is C=CCCNC(=O)C1OC(C)(C)OC1C(N)C(C)C. The normalized spacial score (nSPS) is 27.3. The van der Waals surface area contributed by atoms with Gasteiger partial charge in [0, 0.05) is 12.6 Å². The Balaban J connectivity index is 2.71. The third kappa shape index (κ3) is 4.30. The van der Waals surface area contributed by atoms with Gasteiger partial charge in [0.25, 0.3) is 5.91 Å². The van der Waals surface area contributed by atoms with Crippen molar-refractivity contribution >= 4 is 5.91 Å². The van der Waals surface area contributed by atoms with Crippen molar-refractivity contribution in [1.29, 1.82) is 0 Å². The molecule has 0 aromatic carbocycles. The van der Waals surface area contributed by atoms with E-state index in [-0.39, 0.29) is 17.9 Å². The van der Waals surface area contributed by atoms with Crippen LogP contribution >= 0.6 is 0 Å². The monoisotopic (exact) mass is 270 g/mol. The largest absolute Gasteiger partial charge is 0.353 e. The first-order valence-corrected chi connectivity index (χ1v) is 6.78. The molecule has 3 N–H and O–H groups in total. The van der Waals surface area contributed by atoms with E-state index in [9.17, 15) is 4.79 Å². The average molecular weight is 270 g/mol. The summed E-state index contributed by atoms with van der Waals surface area (Å²) in [5, 5.41) is 2.82. The third-order valence-corrected chi connectivity index (χ3v) is 3.18. The zero-order chi connectivity index (χ0) is 14.6. The van der Waals surface area contributed by atoms with Crippen LogP contribution in [0, 0.1) is 5.92 Å². The van der Waals surface area contributed by atoms with Crippen molar-refractivity contribution in [1.82, 2.24) is 5.32 Å². The molecular weight excluding hydrogens is 244 g/mol. The Kier molecular flexibility index (Phi) is 5.52. The molecule has 1 aliphatic rings. The molecule has 0 aromatic heterocycles. The predicted molar refractivity (Wildman–Crippen MR) is 74.5 cm³/mol. The smallest absolute Gasteiger partial charge is 0.252 e. The second kappa shape index (κ2) is 6.50. The Morgan fingerprint density at radius 3 is 2.63 bits per heavy atom. The van der Waals surface area contributed by atoms with Crippen LogP contribution in [0.3, 0.4) is 0 Å². The second-order valence-corrected chi connectivity index (χ2v) is 5.71. The minimum absolute atomic E-state index is 0.173. The molecule has 1 heterocycles. The molecule has 3 unspecified atom stereocenters. The molecule has 1 fully saturated rings. The molecule has 110 valence electrons. The summed E-state index contributed by atoms with van der Waals surface area (Å²) in [6.07, 6.45) is 1.41. The lowest BCUT2D eigenvalue weighted by atomic mass is 9.95. The van der Waals surface area contributed by atoms with Crippen molar-refractivity contribution in [2.75, 3.05) is 6.54 Å². The van der Waals surface area contributed by atoms with E-state index in [4.69, 9.17) is 15.2 Å². The fourth-order valence-corrected chi connectivity index (χ4v) is 2.05. The molecule has 1 rings (SSSR count). The van der Waals surface area contributed by atoms with Gasteiger partial charge in [0.15, 0.2) is 11.9 Å². The van der Waals surface area contributed by atoms with E-state index in [1.165, 1.54) is 0 Å². The molecule has 5 nitrogen and oxygen atoms in total. The predicted octanol–water partition coefficient (Wildman–Crippen LogP) is 1.18. The van der Waals surface area contributed by atoms with E-state index in [1.54, 1.807) is 19.9 Å². The van der Waals surface area contributed by atoms with Crippen LogP contribution in [0.2, 0.25) is 0 Å². The van der Waals surface area contributed by atoms with E-state index < -0.39 is 18.0 Å². The molecule has 5 heteroatoms. The number of nitrogens with one attached hydrogen (secondary N) is 1. The van der Waals surface area contributed by atoms with Crippen molar-refractivity contribution in [2.24, 2.45) is 11.7 Å². The third-order valence-electron chi connectivity index (χ3n) is 3.18. The number of hydrogen-bond donors (Lipinski definition) is 2. The number of carbonyl (C=O) groups excluding carboxylic acids is 1. The lowest BCUT2D eigenvalue weighted by molar-refractivity contribution is -0.156. The van der Waals surface area contributed by atoms with Gasteiger partial charge in [-0.2, -0.15) is 0 Å². The van der Waals surface area contributed by atoms with Crippen molar-refractivity contribution < 1.29 is 14.3 Å². The van der Waals surface area contributed by atoms with Crippen LogP contribution < -0.4 is 11.1 Å². The van der Waals surface area contributed by atoms with Gasteiger partial charge in [-0.05, 0) is 26.2 Å². The van der Waals surface area contributed by atoms with Crippen LogP contribution in [0.4, 0.5) is 0 Å². The van der Waals surface area contributed by atoms with Crippen molar-refractivity contribution in [3.63, 3.8) is 0 Å². The molecule has 1 saturated heterocycles.